The van der Waals surface area contributed by atoms with Gasteiger partial charge in [-0.05, 0) is 36.4 Å². The van der Waals surface area contributed by atoms with Crippen molar-refractivity contribution in [1.82, 2.24) is 4.31 Å². The number of hydrogen-bond donors (Lipinski definition) is 0. The van der Waals surface area contributed by atoms with Crippen molar-refractivity contribution in [2.45, 2.75) is 22.6 Å². The van der Waals surface area contributed by atoms with Gasteiger partial charge in [-0.3, -0.25) is 4.28 Å². The van der Waals surface area contributed by atoms with Crippen molar-refractivity contribution in [2.24, 2.45) is 5.16 Å². The molecule has 1 saturated heterocycles. The van der Waals surface area contributed by atoms with Gasteiger partial charge in [0.1, 0.15) is 4.90 Å². The van der Waals surface area contributed by atoms with Crippen molar-refractivity contribution in [3.8, 4) is 0 Å². The first kappa shape index (κ1) is 19.8. The molecule has 0 spiro atoms. The van der Waals surface area contributed by atoms with Gasteiger partial charge >= 0.3 is 10.1 Å². The van der Waals surface area contributed by atoms with Crippen LogP contribution in [0.3, 0.4) is 0 Å². The average Bonchev–Trinajstić information content (AvgIpc) is 2.68. The van der Waals surface area contributed by atoms with Gasteiger partial charge in [0.25, 0.3) is 0 Å². The summed E-state index contributed by atoms with van der Waals surface area (Å²) in [6.45, 7) is 0.417. The lowest BCUT2D eigenvalue weighted by Gasteiger charge is -2.26. The van der Waals surface area contributed by atoms with Crippen LogP contribution >= 0.6 is 11.6 Å². The summed E-state index contributed by atoms with van der Waals surface area (Å²) in [5.41, 5.74) is 0.493. The van der Waals surface area contributed by atoms with E-state index in [2.05, 4.69) is 5.16 Å². The second-order valence-electron chi connectivity index (χ2n) is 5.86. The molecule has 1 aliphatic heterocycles. The summed E-state index contributed by atoms with van der Waals surface area (Å²) >= 11 is 5.74. The van der Waals surface area contributed by atoms with E-state index in [0.29, 0.717) is 23.6 Å². The van der Waals surface area contributed by atoms with Crippen LogP contribution in [-0.4, -0.2) is 39.9 Å². The summed E-state index contributed by atoms with van der Waals surface area (Å²) in [5, 5.41) is 4.13. The van der Waals surface area contributed by atoms with Crippen LogP contribution in [0, 0.1) is 0 Å². The van der Waals surface area contributed by atoms with Crippen LogP contribution in [0.1, 0.15) is 12.8 Å². The highest BCUT2D eigenvalue weighted by Crippen LogP contribution is 2.21. The largest absolute Gasteiger partial charge is 0.358 e. The van der Waals surface area contributed by atoms with E-state index in [1.54, 1.807) is 30.3 Å². The topological polar surface area (TPSA) is 93.1 Å². The third kappa shape index (κ3) is 4.67. The summed E-state index contributed by atoms with van der Waals surface area (Å²) in [5.74, 6) is 0. The zero-order valence-electron chi connectivity index (χ0n) is 14.2. The molecule has 2 aromatic carbocycles. The lowest BCUT2D eigenvalue weighted by Crippen LogP contribution is -2.38. The van der Waals surface area contributed by atoms with Crippen molar-refractivity contribution in [3.05, 3.63) is 59.6 Å². The Morgan fingerprint density at radius 2 is 1.44 bits per heavy atom. The molecule has 0 radical (unpaired) electrons. The van der Waals surface area contributed by atoms with Crippen molar-refractivity contribution in [1.29, 1.82) is 0 Å². The molecule has 1 fully saturated rings. The first-order valence-corrected chi connectivity index (χ1v) is 11.3. The highest BCUT2D eigenvalue weighted by molar-refractivity contribution is 7.89. The molecule has 1 aliphatic rings. The van der Waals surface area contributed by atoms with Gasteiger partial charge in [-0.15, -0.1) is 0 Å². The number of piperidine rings is 1. The van der Waals surface area contributed by atoms with E-state index < -0.39 is 20.1 Å². The minimum atomic E-state index is -4.04. The van der Waals surface area contributed by atoms with Gasteiger partial charge in [-0.25, -0.2) is 8.42 Å². The molecule has 2 aromatic rings. The minimum Gasteiger partial charge on any atom is -0.265 e. The molecule has 0 saturated carbocycles. The van der Waals surface area contributed by atoms with Gasteiger partial charge in [-0.1, -0.05) is 35.0 Å². The van der Waals surface area contributed by atoms with Crippen molar-refractivity contribution in [2.75, 3.05) is 13.1 Å². The third-order valence-electron chi connectivity index (χ3n) is 4.05. The van der Waals surface area contributed by atoms with E-state index in [0.717, 1.165) is 0 Å². The number of rotatable bonds is 5. The normalized spacial score (nSPS) is 16.1. The summed E-state index contributed by atoms with van der Waals surface area (Å²) < 4.78 is 55.5. The smallest absolute Gasteiger partial charge is 0.265 e. The van der Waals surface area contributed by atoms with Crippen molar-refractivity contribution >= 4 is 37.5 Å². The van der Waals surface area contributed by atoms with Gasteiger partial charge in [0, 0.05) is 31.0 Å². The Labute approximate surface area is 163 Å². The second-order valence-corrected chi connectivity index (χ2v) is 9.76. The van der Waals surface area contributed by atoms with Crippen molar-refractivity contribution in [3.63, 3.8) is 0 Å². The molecular formula is C17H17ClN2O5S2. The van der Waals surface area contributed by atoms with Crippen LogP contribution in [0.15, 0.2) is 69.5 Å². The van der Waals surface area contributed by atoms with E-state index in [4.69, 9.17) is 15.9 Å². The minimum absolute atomic E-state index is 0.0552. The van der Waals surface area contributed by atoms with E-state index in [9.17, 15) is 16.8 Å². The lowest BCUT2D eigenvalue weighted by atomic mass is 10.1. The van der Waals surface area contributed by atoms with E-state index in [1.807, 2.05) is 0 Å². The Hall–Kier alpha value is -1.94. The average molecular weight is 429 g/mol. The third-order valence-corrected chi connectivity index (χ3v) is 7.33. The Balaban J connectivity index is 1.64. The second kappa shape index (κ2) is 7.97. The van der Waals surface area contributed by atoms with Crippen LogP contribution in [0.2, 0.25) is 5.02 Å². The summed E-state index contributed by atoms with van der Waals surface area (Å²) in [7, 11) is -7.61. The van der Waals surface area contributed by atoms with Gasteiger partial charge in [-0.2, -0.15) is 12.7 Å². The van der Waals surface area contributed by atoms with E-state index >= 15 is 0 Å². The molecule has 0 unspecified atom stereocenters. The molecule has 1 heterocycles. The number of hydrogen-bond acceptors (Lipinski definition) is 6. The predicted octanol–water partition coefficient (Wildman–Crippen LogP) is 2.89. The molecule has 0 aliphatic carbocycles. The van der Waals surface area contributed by atoms with Crippen molar-refractivity contribution < 1.29 is 21.1 Å². The van der Waals surface area contributed by atoms with Gasteiger partial charge in [0.2, 0.25) is 10.0 Å². The number of halogens is 1. The molecule has 0 aromatic heterocycles. The molecule has 3 rings (SSSR count). The summed E-state index contributed by atoms with van der Waals surface area (Å²) in [6, 6.07) is 13.7. The number of benzene rings is 2. The first-order chi connectivity index (χ1) is 12.8. The maximum atomic E-state index is 12.6. The number of sulfonamides is 1. The molecule has 0 N–H and O–H groups in total. The first-order valence-electron chi connectivity index (χ1n) is 8.09. The van der Waals surface area contributed by atoms with Crippen LogP contribution in [0.25, 0.3) is 0 Å². The zero-order valence-corrected chi connectivity index (χ0v) is 16.5. The molecule has 0 amide bonds. The lowest BCUT2D eigenvalue weighted by molar-refractivity contribution is 0.329. The molecule has 27 heavy (non-hydrogen) atoms. The number of nitrogens with zero attached hydrogens (tertiary/aromatic N) is 2. The van der Waals surface area contributed by atoms with Crippen LogP contribution in [-0.2, 0) is 24.4 Å². The van der Waals surface area contributed by atoms with Crippen LogP contribution in [0.4, 0.5) is 0 Å². The Morgan fingerprint density at radius 1 is 0.852 bits per heavy atom. The standard InChI is InChI=1S/C17H17ClN2O5S2/c18-14-6-8-17(9-7-14)27(23,24)25-19-15-10-12-20(13-11-15)26(21,22)16-4-2-1-3-5-16/h1-9H,10-13H2. The van der Waals surface area contributed by atoms with Crippen LogP contribution < -0.4 is 0 Å². The van der Waals surface area contributed by atoms with E-state index in [-0.39, 0.29) is 22.9 Å². The SMILES string of the molecule is O=S(=O)(ON=C1CCN(S(=O)(=O)c2ccccc2)CC1)c1ccc(Cl)cc1. The highest BCUT2D eigenvalue weighted by atomic mass is 35.5. The van der Waals surface area contributed by atoms with Gasteiger partial charge in [0.15, 0.2) is 0 Å². The molecule has 10 heteroatoms. The fourth-order valence-corrected chi connectivity index (χ4v) is 4.91. The fourth-order valence-electron chi connectivity index (χ4n) is 2.56. The zero-order chi connectivity index (χ0) is 19.5. The highest BCUT2D eigenvalue weighted by Gasteiger charge is 2.28. The Bertz CT molecular complexity index is 1030. The summed E-state index contributed by atoms with van der Waals surface area (Å²) in [4.78, 5) is 0.173. The van der Waals surface area contributed by atoms with Gasteiger partial charge < -0.3 is 0 Å². The van der Waals surface area contributed by atoms with Gasteiger partial charge in [0.05, 0.1) is 10.6 Å². The fraction of sp³-hybridized carbons (Fsp3) is 0.235. The predicted molar refractivity (Wildman–Crippen MR) is 102 cm³/mol. The Morgan fingerprint density at radius 3 is 2.04 bits per heavy atom. The molecule has 0 bridgehead atoms. The number of oxime groups is 1. The molecule has 0 atom stereocenters. The molecule has 144 valence electrons. The quantitative estimate of drug-likeness (QED) is 0.682. The maximum Gasteiger partial charge on any atom is 0.358 e. The summed E-state index contributed by atoms with van der Waals surface area (Å²) in [6.07, 6.45) is 0.588. The molecular weight excluding hydrogens is 412 g/mol. The van der Waals surface area contributed by atoms with E-state index in [1.165, 1.54) is 28.6 Å². The monoisotopic (exact) mass is 428 g/mol. The molecule has 7 nitrogen and oxygen atoms in total. The maximum absolute atomic E-state index is 12.6. The Kier molecular flexibility index (Phi) is 5.85. The van der Waals surface area contributed by atoms with Crippen LogP contribution in [0.5, 0.6) is 0 Å².